The van der Waals surface area contributed by atoms with Crippen molar-refractivity contribution in [3.05, 3.63) is 180 Å². The standard InChI is InChI=1S/C41H26O/c1-3-13-30(14-4-1)41(31-15-5-2-6-16-31)36-19-8-7-17-32(36)35-25-28(22-24-37(35)41)29-21-23-33-34-18-9-11-27-12-10-20-38(40(27)34)42-39(33)26-29/h1-26H. The molecular weight excluding hydrogens is 508 g/mol. The van der Waals surface area contributed by atoms with Crippen LogP contribution in [-0.2, 0) is 5.41 Å². The van der Waals surface area contributed by atoms with Crippen molar-refractivity contribution in [3.8, 4) is 44.9 Å². The Labute approximate surface area is 245 Å². The van der Waals surface area contributed by atoms with Gasteiger partial charge in [0, 0.05) is 10.9 Å². The Hall–Kier alpha value is -5.40. The molecule has 0 aromatic heterocycles. The summed E-state index contributed by atoms with van der Waals surface area (Å²) in [4.78, 5) is 0. The zero-order valence-corrected chi connectivity index (χ0v) is 22.9. The van der Waals surface area contributed by atoms with Gasteiger partial charge < -0.3 is 4.74 Å². The van der Waals surface area contributed by atoms with Crippen LogP contribution in [0, 0.1) is 0 Å². The lowest BCUT2D eigenvalue weighted by Gasteiger charge is -2.33. The van der Waals surface area contributed by atoms with Crippen LogP contribution >= 0.6 is 0 Å². The first kappa shape index (κ1) is 23.3. The maximum absolute atomic E-state index is 6.51. The Morgan fingerprint density at radius 2 is 1.00 bits per heavy atom. The van der Waals surface area contributed by atoms with Crippen LogP contribution in [0.1, 0.15) is 22.3 Å². The number of benzene rings is 7. The Bertz CT molecular complexity index is 2110. The fourth-order valence-corrected chi connectivity index (χ4v) is 7.37. The topological polar surface area (TPSA) is 9.23 Å². The van der Waals surface area contributed by atoms with Crippen molar-refractivity contribution in [1.29, 1.82) is 0 Å². The van der Waals surface area contributed by atoms with E-state index in [0.29, 0.717) is 0 Å². The summed E-state index contributed by atoms with van der Waals surface area (Å²) in [6.45, 7) is 0. The van der Waals surface area contributed by atoms with E-state index in [2.05, 4.69) is 158 Å². The Morgan fingerprint density at radius 3 is 1.79 bits per heavy atom. The third kappa shape index (κ3) is 3.14. The van der Waals surface area contributed by atoms with Gasteiger partial charge >= 0.3 is 0 Å². The van der Waals surface area contributed by atoms with Gasteiger partial charge in [0.25, 0.3) is 0 Å². The molecule has 0 saturated carbocycles. The first-order chi connectivity index (χ1) is 20.8. The summed E-state index contributed by atoms with van der Waals surface area (Å²) in [7, 11) is 0. The molecule has 0 amide bonds. The summed E-state index contributed by atoms with van der Waals surface area (Å²) < 4.78 is 6.51. The highest BCUT2D eigenvalue weighted by atomic mass is 16.5. The van der Waals surface area contributed by atoms with E-state index < -0.39 is 0 Å². The molecule has 42 heavy (non-hydrogen) atoms. The molecule has 0 atom stereocenters. The molecule has 0 spiro atoms. The Balaban J connectivity index is 1.25. The fraction of sp³-hybridized carbons (Fsp3) is 0.0244. The van der Waals surface area contributed by atoms with Gasteiger partial charge in [0.2, 0.25) is 0 Å². The van der Waals surface area contributed by atoms with Gasteiger partial charge in [-0.1, -0.05) is 133 Å². The van der Waals surface area contributed by atoms with Crippen LogP contribution in [0.15, 0.2) is 158 Å². The van der Waals surface area contributed by atoms with E-state index in [9.17, 15) is 0 Å². The second-order valence-electron chi connectivity index (χ2n) is 11.3. The van der Waals surface area contributed by atoms with E-state index in [1.165, 1.54) is 55.3 Å². The van der Waals surface area contributed by atoms with Gasteiger partial charge in [-0.15, -0.1) is 0 Å². The van der Waals surface area contributed by atoms with Crippen LogP contribution in [0.4, 0.5) is 0 Å². The van der Waals surface area contributed by atoms with Crippen molar-refractivity contribution in [2.24, 2.45) is 0 Å². The molecule has 1 heteroatoms. The summed E-state index contributed by atoms with van der Waals surface area (Å²) in [5, 5.41) is 2.39. The maximum atomic E-state index is 6.51. The molecule has 2 aliphatic rings. The van der Waals surface area contributed by atoms with Crippen LogP contribution in [0.5, 0.6) is 11.5 Å². The lowest BCUT2D eigenvalue weighted by molar-refractivity contribution is 0.487. The molecule has 0 fully saturated rings. The largest absolute Gasteiger partial charge is 0.456 e. The highest BCUT2D eigenvalue weighted by Gasteiger charge is 2.45. The highest BCUT2D eigenvalue weighted by molar-refractivity contribution is 6.04. The number of hydrogen-bond acceptors (Lipinski definition) is 1. The van der Waals surface area contributed by atoms with Gasteiger partial charge in [-0.05, 0) is 79.7 Å². The molecule has 0 unspecified atom stereocenters. The second-order valence-corrected chi connectivity index (χ2v) is 11.3. The van der Waals surface area contributed by atoms with E-state index in [-0.39, 0.29) is 5.41 Å². The summed E-state index contributed by atoms with van der Waals surface area (Å²) in [6.07, 6.45) is 0. The first-order valence-corrected chi connectivity index (χ1v) is 14.5. The van der Waals surface area contributed by atoms with E-state index in [0.717, 1.165) is 22.6 Å². The average molecular weight is 535 g/mol. The molecule has 1 aliphatic heterocycles. The van der Waals surface area contributed by atoms with Crippen molar-refractivity contribution in [2.45, 2.75) is 5.41 Å². The maximum Gasteiger partial charge on any atom is 0.135 e. The molecule has 1 heterocycles. The number of hydrogen-bond donors (Lipinski definition) is 0. The Morgan fingerprint density at radius 1 is 0.381 bits per heavy atom. The van der Waals surface area contributed by atoms with Crippen molar-refractivity contribution in [1.82, 2.24) is 0 Å². The van der Waals surface area contributed by atoms with Gasteiger partial charge in [-0.2, -0.15) is 0 Å². The van der Waals surface area contributed by atoms with Gasteiger partial charge in [-0.25, -0.2) is 0 Å². The predicted octanol–water partition coefficient (Wildman–Crippen LogP) is 10.6. The minimum absolute atomic E-state index is 0.381. The molecular formula is C41H26O. The lowest BCUT2D eigenvalue weighted by Crippen LogP contribution is -2.28. The van der Waals surface area contributed by atoms with Crippen LogP contribution in [0.2, 0.25) is 0 Å². The Kier molecular flexibility index (Phi) is 4.88. The third-order valence-electron chi connectivity index (χ3n) is 9.15. The van der Waals surface area contributed by atoms with Crippen LogP contribution in [0.3, 0.4) is 0 Å². The van der Waals surface area contributed by atoms with Crippen LogP contribution in [-0.4, -0.2) is 0 Å². The molecule has 7 aromatic carbocycles. The second kappa shape index (κ2) is 8.80. The quantitative estimate of drug-likeness (QED) is 0.219. The van der Waals surface area contributed by atoms with Crippen LogP contribution < -0.4 is 4.74 Å². The van der Waals surface area contributed by atoms with Crippen molar-refractivity contribution < 1.29 is 4.74 Å². The number of ether oxygens (including phenoxy) is 1. The van der Waals surface area contributed by atoms with Gasteiger partial charge in [0.15, 0.2) is 0 Å². The minimum Gasteiger partial charge on any atom is -0.456 e. The summed E-state index contributed by atoms with van der Waals surface area (Å²) in [6, 6.07) is 57.2. The van der Waals surface area contributed by atoms with Crippen molar-refractivity contribution in [3.63, 3.8) is 0 Å². The van der Waals surface area contributed by atoms with Crippen molar-refractivity contribution in [2.75, 3.05) is 0 Å². The SMILES string of the molecule is c1ccc(C2(c3ccccc3)c3ccccc3-c3cc(-c4ccc5c(c4)Oc4cccc6cccc-5c46)ccc32)cc1. The van der Waals surface area contributed by atoms with E-state index in [4.69, 9.17) is 4.74 Å². The molecule has 0 bridgehead atoms. The fourth-order valence-electron chi connectivity index (χ4n) is 7.37. The monoisotopic (exact) mass is 534 g/mol. The van der Waals surface area contributed by atoms with E-state index in [1.807, 2.05) is 0 Å². The third-order valence-corrected chi connectivity index (χ3v) is 9.15. The van der Waals surface area contributed by atoms with Crippen LogP contribution in [0.25, 0.3) is 44.2 Å². The lowest BCUT2D eigenvalue weighted by atomic mass is 9.67. The number of fused-ring (bicyclic) bond motifs is 5. The van der Waals surface area contributed by atoms with Gasteiger partial charge in [0.1, 0.15) is 11.5 Å². The van der Waals surface area contributed by atoms with E-state index in [1.54, 1.807) is 0 Å². The molecule has 0 radical (unpaired) electrons. The smallest absolute Gasteiger partial charge is 0.135 e. The normalized spacial score (nSPS) is 13.6. The highest BCUT2D eigenvalue weighted by Crippen LogP contribution is 2.57. The molecule has 196 valence electrons. The molecule has 1 aliphatic carbocycles. The van der Waals surface area contributed by atoms with Gasteiger partial charge in [0.05, 0.1) is 5.41 Å². The average Bonchev–Trinajstić information content (AvgIpc) is 3.36. The molecule has 0 saturated heterocycles. The first-order valence-electron chi connectivity index (χ1n) is 14.5. The zero-order valence-electron chi connectivity index (χ0n) is 22.9. The molecule has 9 rings (SSSR count). The summed E-state index contributed by atoms with van der Waals surface area (Å²) in [5.41, 5.74) is 12.1. The zero-order chi connectivity index (χ0) is 27.7. The molecule has 1 nitrogen and oxygen atoms in total. The van der Waals surface area contributed by atoms with Crippen molar-refractivity contribution >= 4 is 10.8 Å². The van der Waals surface area contributed by atoms with Gasteiger partial charge in [-0.3, -0.25) is 0 Å². The predicted molar refractivity (Wildman–Crippen MR) is 172 cm³/mol. The number of rotatable bonds is 3. The molecule has 7 aromatic rings. The summed E-state index contributed by atoms with van der Waals surface area (Å²) >= 11 is 0. The summed E-state index contributed by atoms with van der Waals surface area (Å²) in [5.74, 6) is 1.83. The van der Waals surface area contributed by atoms with E-state index >= 15 is 0 Å². The minimum atomic E-state index is -0.381. The molecule has 0 N–H and O–H groups in total.